The largest absolute Gasteiger partial charge is 0.379 e. The second kappa shape index (κ2) is 9.11. The lowest BCUT2D eigenvalue weighted by atomic mass is 9.78. The minimum absolute atomic E-state index is 0.0995. The third-order valence-electron chi connectivity index (χ3n) is 9.36. The van der Waals surface area contributed by atoms with Gasteiger partial charge >= 0.3 is 0 Å². The first kappa shape index (κ1) is 23.4. The maximum absolute atomic E-state index is 14.1. The van der Waals surface area contributed by atoms with E-state index in [0.717, 1.165) is 57.5 Å². The summed E-state index contributed by atoms with van der Waals surface area (Å²) in [6.45, 7) is 3.14. The van der Waals surface area contributed by atoms with Crippen LogP contribution in [0.3, 0.4) is 0 Å². The summed E-state index contributed by atoms with van der Waals surface area (Å²) in [6, 6.07) is 7.24. The summed E-state index contributed by atoms with van der Waals surface area (Å²) in [6.07, 6.45) is 7.60. The Hall–Kier alpha value is -1.05. The lowest BCUT2D eigenvalue weighted by Crippen LogP contribution is -2.54. The molecule has 1 aromatic carbocycles. The Morgan fingerprint density at radius 1 is 1.18 bits per heavy atom. The number of carbonyl (C=O) groups excluding carboxylic acids is 1. The van der Waals surface area contributed by atoms with Crippen LogP contribution < -0.4 is 10.2 Å². The number of methoxy groups -OCH3 is 1. The van der Waals surface area contributed by atoms with Gasteiger partial charge in [0, 0.05) is 50.6 Å². The smallest absolute Gasteiger partial charge is 0.229 e. The van der Waals surface area contributed by atoms with Gasteiger partial charge in [-0.1, -0.05) is 29.6 Å². The number of piperazine rings is 1. The van der Waals surface area contributed by atoms with Crippen LogP contribution in [0.1, 0.15) is 44.9 Å². The van der Waals surface area contributed by atoms with Gasteiger partial charge in [-0.3, -0.25) is 4.79 Å². The molecule has 0 spiro atoms. The molecule has 0 radical (unpaired) electrons. The van der Waals surface area contributed by atoms with Gasteiger partial charge in [0.05, 0.1) is 34.2 Å². The second-order valence-corrected chi connectivity index (χ2v) is 11.9. The zero-order valence-electron chi connectivity index (χ0n) is 19.8. The van der Waals surface area contributed by atoms with E-state index in [9.17, 15) is 4.79 Å². The number of hydrogen-bond acceptors (Lipinski definition) is 5. The van der Waals surface area contributed by atoms with Gasteiger partial charge in [-0.15, -0.1) is 0 Å². The summed E-state index contributed by atoms with van der Waals surface area (Å²) < 4.78 is 11.3. The zero-order chi connectivity index (χ0) is 23.4. The van der Waals surface area contributed by atoms with Crippen molar-refractivity contribution in [3.05, 3.63) is 28.2 Å². The summed E-state index contributed by atoms with van der Waals surface area (Å²) >= 11 is 12.4. The summed E-state index contributed by atoms with van der Waals surface area (Å²) in [5.41, 5.74) is 0.935. The highest BCUT2D eigenvalue weighted by Gasteiger charge is 2.59. The molecule has 5 aliphatic rings. The van der Waals surface area contributed by atoms with Gasteiger partial charge in [0.2, 0.25) is 5.91 Å². The van der Waals surface area contributed by atoms with Crippen molar-refractivity contribution in [2.24, 2.45) is 11.3 Å². The molecule has 2 saturated carbocycles. The minimum Gasteiger partial charge on any atom is -0.379 e. The summed E-state index contributed by atoms with van der Waals surface area (Å²) in [5, 5.41) is 5.06. The number of benzene rings is 1. The summed E-state index contributed by atoms with van der Waals surface area (Å²) in [4.78, 5) is 18.8. The van der Waals surface area contributed by atoms with E-state index in [1.54, 1.807) is 7.11 Å². The molecule has 7 atom stereocenters. The van der Waals surface area contributed by atoms with Gasteiger partial charge in [0.1, 0.15) is 0 Å². The molecule has 2 aliphatic carbocycles. The Labute approximate surface area is 212 Å². The number of rotatable bonds is 5. The van der Waals surface area contributed by atoms with Crippen LogP contribution in [0.5, 0.6) is 0 Å². The molecule has 8 heteroatoms. The molecule has 0 unspecified atom stereocenters. The number of ether oxygens (including phenoxy) is 2. The number of amides is 1. The summed E-state index contributed by atoms with van der Waals surface area (Å²) in [5.74, 6) is 0.930. The molecular weight excluding hydrogens is 473 g/mol. The molecule has 1 amide bonds. The van der Waals surface area contributed by atoms with Gasteiger partial charge in [-0.05, 0) is 62.6 Å². The quantitative estimate of drug-likeness (QED) is 0.649. The van der Waals surface area contributed by atoms with Crippen molar-refractivity contribution in [3.63, 3.8) is 0 Å². The fraction of sp³-hybridized carbons (Fsp3) is 0.731. The number of nitrogens with zero attached hydrogens (tertiary/aromatic N) is 2. The van der Waals surface area contributed by atoms with Crippen molar-refractivity contribution < 1.29 is 14.3 Å². The number of halogens is 2. The summed E-state index contributed by atoms with van der Waals surface area (Å²) in [7, 11) is 1.77. The molecule has 5 fully saturated rings. The van der Waals surface area contributed by atoms with Gasteiger partial charge in [-0.2, -0.15) is 0 Å². The van der Waals surface area contributed by atoms with E-state index in [4.69, 9.17) is 32.7 Å². The number of hydrogen-bond donors (Lipinski definition) is 1. The van der Waals surface area contributed by atoms with Crippen LogP contribution in [-0.4, -0.2) is 74.5 Å². The average Bonchev–Trinajstić information content (AvgIpc) is 3.60. The normalized spacial score (nSPS) is 39.1. The lowest BCUT2D eigenvalue weighted by molar-refractivity contribution is -0.144. The van der Waals surface area contributed by atoms with E-state index in [-0.39, 0.29) is 11.5 Å². The number of likely N-dealkylation sites (tertiary alicyclic amines) is 1. The van der Waals surface area contributed by atoms with Gasteiger partial charge in [0.15, 0.2) is 0 Å². The zero-order valence-corrected chi connectivity index (χ0v) is 21.4. The van der Waals surface area contributed by atoms with Crippen molar-refractivity contribution in [2.75, 3.05) is 38.3 Å². The maximum Gasteiger partial charge on any atom is 0.229 e. The maximum atomic E-state index is 14.1. The van der Waals surface area contributed by atoms with E-state index >= 15 is 0 Å². The van der Waals surface area contributed by atoms with Crippen molar-refractivity contribution in [3.8, 4) is 0 Å². The van der Waals surface area contributed by atoms with Gasteiger partial charge in [0.25, 0.3) is 0 Å². The third kappa shape index (κ3) is 3.85. The van der Waals surface area contributed by atoms with Crippen LogP contribution in [0.15, 0.2) is 18.2 Å². The van der Waals surface area contributed by atoms with Crippen molar-refractivity contribution in [1.82, 2.24) is 10.2 Å². The van der Waals surface area contributed by atoms with E-state index in [1.165, 1.54) is 12.8 Å². The lowest BCUT2D eigenvalue weighted by Gasteiger charge is -2.41. The van der Waals surface area contributed by atoms with E-state index in [1.807, 2.05) is 18.2 Å². The van der Waals surface area contributed by atoms with Gasteiger partial charge in [-0.25, -0.2) is 0 Å². The Balaban J connectivity index is 1.14. The SMILES string of the molecule is CO[C@@H]1COCC[C@@H]1N[C@@H]1C[C@H]2CCC[C@@]2(C(=O)N2C[C@H]3C[C@H]2CN3c2ccc(Cl)c(Cl)c2)C1. The molecule has 34 heavy (non-hydrogen) atoms. The van der Waals surface area contributed by atoms with Crippen LogP contribution in [0.25, 0.3) is 0 Å². The Morgan fingerprint density at radius 3 is 2.82 bits per heavy atom. The Morgan fingerprint density at radius 2 is 2.06 bits per heavy atom. The highest BCUT2D eigenvalue weighted by atomic mass is 35.5. The molecule has 2 bridgehead atoms. The fourth-order valence-electron chi connectivity index (χ4n) is 7.74. The average molecular weight is 508 g/mol. The minimum atomic E-state index is -0.176. The Kier molecular flexibility index (Phi) is 6.26. The molecule has 3 saturated heterocycles. The number of anilines is 1. The first-order valence-electron chi connectivity index (χ1n) is 12.9. The molecule has 1 N–H and O–H groups in total. The molecule has 0 aromatic heterocycles. The van der Waals surface area contributed by atoms with E-state index in [2.05, 4.69) is 15.1 Å². The predicted octanol–water partition coefficient (Wildman–Crippen LogP) is 4.13. The molecule has 186 valence electrons. The number of fused-ring (bicyclic) bond motifs is 3. The predicted molar refractivity (Wildman–Crippen MR) is 134 cm³/mol. The van der Waals surface area contributed by atoms with Crippen molar-refractivity contribution in [1.29, 1.82) is 0 Å². The first-order chi connectivity index (χ1) is 16.5. The van der Waals surface area contributed by atoms with Gasteiger partial charge < -0.3 is 24.6 Å². The highest BCUT2D eigenvalue weighted by Crippen LogP contribution is 2.56. The molecular formula is C26H35Cl2N3O3. The first-order valence-corrected chi connectivity index (χ1v) is 13.6. The molecule has 3 aliphatic heterocycles. The van der Waals surface area contributed by atoms with E-state index in [0.29, 0.717) is 52.6 Å². The number of nitrogens with one attached hydrogen (secondary N) is 1. The fourth-order valence-corrected chi connectivity index (χ4v) is 8.03. The Bertz CT molecular complexity index is 948. The topological polar surface area (TPSA) is 54.0 Å². The van der Waals surface area contributed by atoms with Crippen LogP contribution in [-0.2, 0) is 14.3 Å². The third-order valence-corrected chi connectivity index (χ3v) is 10.1. The van der Waals surface area contributed by atoms with E-state index < -0.39 is 0 Å². The van der Waals surface area contributed by atoms with Crippen molar-refractivity contribution >= 4 is 34.8 Å². The van der Waals surface area contributed by atoms with Crippen LogP contribution >= 0.6 is 23.2 Å². The molecule has 6 nitrogen and oxygen atoms in total. The molecule has 6 rings (SSSR count). The number of carbonyl (C=O) groups is 1. The standard InChI is InChI=1S/C26H35Cl2N3O3/c1-33-24-15-34-8-6-23(24)29-17-9-16-3-2-7-26(16,12-17)25(32)31-14-19-10-20(31)13-30(19)18-4-5-21(27)22(28)11-18/h4-5,11,16-17,19-20,23-24,29H,2-3,6-10,12-15H2,1H3/t16-,17-,19-,20+,23+,24-,26-/m1/s1. The molecule has 3 heterocycles. The monoisotopic (exact) mass is 507 g/mol. The van der Waals surface area contributed by atoms with Crippen molar-refractivity contribution in [2.45, 2.75) is 75.2 Å². The van der Waals surface area contributed by atoms with Crippen LogP contribution in [0, 0.1) is 11.3 Å². The highest BCUT2D eigenvalue weighted by molar-refractivity contribution is 6.42. The second-order valence-electron chi connectivity index (χ2n) is 11.0. The molecule has 1 aromatic rings. The van der Waals surface area contributed by atoms with Crippen LogP contribution in [0.4, 0.5) is 5.69 Å². The van der Waals surface area contributed by atoms with Crippen LogP contribution in [0.2, 0.25) is 10.0 Å².